The Morgan fingerprint density at radius 2 is 1.75 bits per heavy atom. The fourth-order valence-electron chi connectivity index (χ4n) is 3.05. The van der Waals surface area contributed by atoms with Gasteiger partial charge in [0.2, 0.25) is 0 Å². The van der Waals surface area contributed by atoms with Gasteiger partial charge in [-0.25, -0.2) is 0 Å². The molecule has 0 aliphatic carbocycles. The molecule has 3 aromatic rings. The molecule has 3 nitrogen and oxygen atoms in total. The van der Waals surface area contributed by atoms with E-state index in [9.17, 15) is 0 Å². The van der Waals surface area contributed by atoms with Crippen LogP contribution in [0.15, 0.2) is 61.2 Å². The molecular weight excluding hydrogens is 294 g/mol. The van der Waals surface area contributed by atoms with Crippen LogP contribution in [0.1, 0.15) is 11.1 Å². The topological polar surface area (TPSA) is 52.5 Å². The van der Waals surface area contributed by atoms with Crippen LogP contribution in [0.4, 0.5) is 0 Å². The average Bonchev–Trinajstić information content (AvgIpc) is 2.93. The van der Waals surface area contributed by atoms with Crippen molar-refractivity contribution in [2.24, 2.45) is 0 Å². The maximum atomic E-state index is 8.91. The van der Waals surface area contributed by atoms with Crippen molar-refractivity contribution >= 4 is 34.0 Å². The van der Waals surface area contributed by atoms with E-state index in [4.69, 9.17) is 10.5 Å². The zero-order valence-corrected chi connectivity index (χ0v) is 13.1. The van der Waals surface area contributed by atoms with Crippen LogP contribution >= 0.6 is 0 Å². The molecule has 0 N–H and O–H groups in total. The number of fused-ring (bicyclic) bond motifs is 3. The van der Waals surface area contributed by atoms with Crippen LogP contribution < -0.4 is 0 Å². The van der Waals surface area contributed by atoms with E-state index in [1.54, 1.807) is 6.08 Å². The van der Waals surface area contributed by atoms with Crippen LogP contribution in [0.5, 0.6) is 0 Å². The van der Waals surface area contributed by atoms with Gasteiger partial charge in [0.1, 0.15) is 0 Å². The van der Waals surface area contributed by atoms with Crippen LogP contribution in [0.2, 0.25) is 0 Å². The van der Waals surface area contributed by atoms with Gasteiger partial charge in [0.05, 0.1) is 17.7 Å². The lowest BCUT2D eigenvalue weighted by molar-refractivity contribution is 0.900. The summed E-state index contributed by atoms with van der Waals surface area (Å²) < 4.78 is 2.20. The van der Waals surface area contributed by atoms with E-state index in [1.807, 2.05) is 42.5 Å². The molecule has 24 heavy (non-hydrogen) atoms. The van der Waals surface area contributed by atoms with E-state index < -0.39 is 0 Å². The molecule has 0 fully saturated rings. The SMILES string of the molecule is C=CCn1c2ccccc2c2cc(C=CC#N)cc(C=CC#N)c21. The number of nitriles is 2. The van der Waals surface area contributed by atoms with Crippen molar-refractivity contribution in [3.05, 3.63) is 72.3 Å². The summed E-state index contributed by atoms with van der Waals surface area (Å²) in [6.45, 7) is 4.55. The molecule has 0 amide bonds. The second-order valence-corrected chi connectivity index (χ2v) is 5.35. The van der Waals surface area contributed by atoms with Crippen molar-refractivity contribution in [2.75, 3.05) is 0 Å². The third kappa shape index (κ3) is 2.60. The maximum Gasteiger partial charge on any atom is 0.0912 e. The smallest absolute Gasteiger partial charge is 0.0912 e. The zero-order chi connectivity index (χ0) is 16.9. The van der Waals surface area contributed by atoms with Crippen molar-refractivity contribution in [3.63, 3.8) is 0 Å². The minimum atomic E-state index is 0.685. The number of allylic oxidation sites excluding steroid dienone is 3. The van der Waals surface area contributed by atoms with Gasteiger partial charge in [-0.1, -0.05) is 24.3 Å². The Hall–Kier alpha value is -3.56. The highest BCUT2D eigenvalue weighted by molar-refractivity contribution is 6.11. The minimum Gasteiger partial charge on any atom is -0.336 e. The molecule has 2 aromatic carbocycles. The van der Waals surface area contributed by atoms with Gasteiger partial charge in [-0.15, -0.1) is 6.58 Å². The summed E-state index contributed by atoms with van der Waals surface area (Å²) in [5.74, 6) is 0. The Morgan fingerprint density at radius 1 is 1.00 bits per heavy atom. The molecule has 0 saturated heterocycles. The third-order valence-electron chi connectivity index (χ3n) is 3.92. The molecule has 3 heteroatoms. The largest absolute Gasteiger partial charge is 0.336 e. The van der Waals surface area contributed by atoms with Crippen molar-refractivity contribution in [2.45, 2.75) is 6.54 Å². The first-order valence-electron chi connectivity index (χ1n) is 7.58. The summed E-state index contributed by atoms with van der Waals surface area (Å²) in [5, 5.41) is 19.9. The van der Waals surface area contributed by atoms with Crippen LogP contribution in [-0.4, -0.2) is 4.57 Å². The number of hydrogen-bond donors (Lipinski definition) is 0. The van der Waals surface area contributed by atoms with Crippen molar-refractivity contribution in [1.29, 1.82) is 10.5 Å². The van der Waals surface area contributed by atoms with Crippen molar-refractivity contribution in [1.82, 2.24) is 4.57 Å². The summed E-state index contributed by atoms with van der Waals surface area (Å²) >= 11 is 0. The number of aromatic nitrogens is 1. The second kappa shape index (κ2) is 6.69. The van der Waals surface area contributed by atoms with Gasteiger partial charge in [0, 0.05) is 40.5 Å². The Labute approximate surface area is 140 Å². The molecule has 0 bridgehead atoms. The van der Waals surface area contributed by atoms with Gasteiger partial charge in [0.15, 0.2) is 0 Å². The number of rotatable bonds is 4. The molecule has 114 valence electrons. The Kier molecular flexibility index (Phi) is 4.27. The lowest BCUT2D eigenvalue weighted by atomic mass is 10.0. The zero-order valence-electron chi connectivity index (χ0n) is 13.1. The van der Waals surface area contributed by atoms with Crippen LogP contribution in [-0.2, 0) is 6.54 Å². The minimum absolute atomic E-state index is 0.685. The van der Waals surface area contributed by atoms with Crippen LogP contribution in [0, 0.1) is 22.7 Å². The van der Waals surface area contributed by atoms with Crippen LogP contribution in [0.25, 0.3) is 34.0 Å². The third-order valence-corrected chi connectivity index (χ3v) is 3.92. The van der Waals surface area contributed by atoms with Crippen LogP contribution in [0.3, 0.4) is 0 Å². The normalized spacial score (nSPS) is 11.2. The summed E-state index contributed by atoms with van der Waals surface area (Å²) in [5.41, 5.74) is 4.07. The Bertz CT molecular complexity index is 1070. The standard InChI is InChI=1S/C21H15N3/c1-2-13-24-20-10-4-3-9-18(20)19-15-16(7-5-11-22)14-17(21(19)24)8-6-12-23/h2-10,14-15H,1,13H2. The highest BCUT2D eigenvalue weighted by Gasteiger charge is 2.13. The lowest BCUT2D eigenvalue weighted by Gasteiger charge is -2.07. The van der Waals surface area contributed by atoms with E-state index in [0.29, 0.717) is 6.54 Å². The average molecular weight is 309 g/mol. The Balaban J connectivity index is 2.46. The van der Waals surface area contributed by atoms with E-state index in [0.717, 1.165) is 32.9 Å². The molecular formula is C21H15N3. The predicted octanol–water partition coefficient (Wildman–Crippen LogP) is 5.05. The Morgan fingerprint density at radius 3 is 2.50 bits per heavy atom. The first-order valence-corrected chi connectivity index (χ1v) is 7.58. The second-order valence-electron chi connectivity index (χ2n) is 5.35. The lowest BCUT2D eigenvalue weighted by Crippen LogP contribution is -1.96. The van der Waals surface area contributed by atoms with Gasteiger partial charge in [-0.3, -0.25) is 0 Å². The number of para-hydroxylation sites is 1. The van der Waals surface area contributed by atoms with Gasteiger partial charge in [-0.05, 0) is 35.9 Å². The molecule has 0 atom stereocenters. The van der Waals surface area contributed by atoms with Gasteiger partial charge >= 0.3 is 0 Å². The fraction of sp³-hybridized carbons (Fsp3) is 0.0476. The molecule has 0 unspecified atom stereocenters. The molecule has 3 rings (SSSR count). The summed E-state index contributed by atoms with van der Waals surface area (Å²) in [4.78, 5) is 0. The monoisotopic (exact) mass is 309 g/mol. The molecule has 0 spiro atoms. The van der Waals surface area contributed by atoms with Gasteiger partial charge in [0.25, 0.3) is 0 Å². The summed E-state index contributed by atoms with van der Waals surface area (Å²) in [6, 6.07) is 16.3. The maximum absolute atomic E-state index is 8.91. The van der Waals surface area contributed by atoms with E-state index >= 15 is 0 Å². The fourth-order valence-corrected chi connectivity index (χ4v) is 3.05. The molecule has 0 aliphatic heterocycles. The van der Waals surface area contributed by atoms with E-state index in [2.05, 4.69) is 29.3 Å². The first-order chi connectivity index (χ1) is 11.8. The highest BCUT2D eigenvalue weighted by atomic mass is 15.0. The highest BCUT2D eigenvalue weighted by Crippen LogP contribution is 2.33. The predicted molar refractivity (Wildman–Crippen MR) is 98.9 cm³/mol. The van der Waals surface area contributed by atoms with E-state index in [-0.39, 0.29) is 0 Å². The van der Waals surface area contributed by atoms with E-state index in [1.165, 1.54) is 12.2 Å². The molecule has 1 aromatic heterocycles. The number of hydrogen-bond acceptors (Lipinski definition) is 2. The summed E-state index contributed by atoms with van der Waals surface area (Å²) in [6.07, 6.45) is 8.39. The first kappa shape index (κ1) is 15.3. The molecule has 0 radical (unpaired) electrons. The summed E-state index contributed by atoms with van der Waals surface area (Å²) in [7, 11) is 0. The molecule has 0 aliphatic rings. The molecule has 1 heterocycles. The van der Waals surface area contributed by atoms with Gasteiger partial charge in [-0.2, -0.15) is 10.5 Å². The molecule has 0 saturated carbocycles. The van der Waals surface area contributed by atoms with Gasteiger partial charge < -0.3 is 4.57 Å². The number of nitrogens with zero attached hydrogens (tertiary/aromatic N) is 3. The van der Waals surface area contributed by atoms with Crippen molar-refractivity contribution in [3.8, 4) is 12.1 Å². The quantitative estimate of drug-likeness (QED) is 0.500. The van der Waals surface area contributed by atoms with Crippen molar-refractivity contribution < 1.29 is 0 Å². The number of benzene rings is 2.